The van der Waals surface area contributed by atoms with Crippen molar-refractivity contribution in [2.45, 2.75) is 50.2 Å². The second-order valence-corrected chi connectivity index (χ2v) is 5.14. The molecule has 1 atom stereocenters. The normalized spacial score (nSPS) is 31.3. The van der Waals surface area contributed by atoms with Gasteiger partial charge in [0.2, 0.25) is 11.8 Å². The lowest BCUT2D eigenvalue weighted by atomic mass is 10.1. The molecule has 0 aromatic heterocycles. The van der Waals surface area contributed by atoms with E-state index in [1.165, 1.54) is 4.90 Å². The van der Waals surface area contributed by atoms with E-state index >= 15 is 0 Å². The number of imide groups is 1. The number of nitrogens with zero attached hydrogens (tertiary/aromatic N) is 1. The third-order valence-corrected chi connectivity index (χ3v) is 3.75. The number of rotatable bonds is 3. The van der Waals surface area contributed by atoms with E-state index in [0.29, 0.717) is 12.5 Å². The van der Waals surface area contributed by atoms with Crippen LogP contribution in [-0.4, -0.2) is 48.1 Å². The summed E-state index contributed by atoms with van der Waals surface area (Å²) in [6, 6.07) is 0.243. The Labute approximate surface area is 100 Å². The Morgan fingerprint density at radius 3 is 2.47 bits per heavy atom. The zero-order valence-electron chi connectivity index (χ0n) is 9.85. The van der Waals surface area contributed by atoms with Crippen LogP contribution >= 0.6 is 0 Å². The standard InChI is InChI=1S/C12H18N2O3/c15-11-7-10(12(16)14(11)9-1-2-9)13-8-3-5-17-6-4-8/h8-10,13H,1-7H2. The summed E-state index contributed by atoms with van der Waals surface area (Å²) in [6.45, 7) is 1.50. The van der Waals surface area contributed by atoms with Gasteiger partial charge >= 0.3 is 0 Å². The lowest BCUT2D eigenvalue weighted by Gasteiger charge is -2.25. The first-order valence-corrected chi connectivity index (χ1v) is 6.45. The van der Waals surface area contributed by atoms with E-state index < -0.39 is 0 Å². The van der Waals surface area contributed by atoms with Crippen LogP contribution in [-0.2, 0) is 14.3 Å². The second kappa shape index (κ2) is 4.38. The molecule has 2 aliphatic heterocycles. The molecule has 0 aromatic carbocycles. The van der Waals surface area contributed by atoms with Gasteiger partial charge in [0, 0.05) is 25.3 Å². The van der Waals surface area contributed by atoms with Crippen LogP contribution in [0.1, 0.15) is 32.1 Å². The molecule has 2 saturated heterocycles. The molecule has 1 N–H and O–H groups in total. The molecule has 94 valence electrons. The Balaban J connectivity index is 1.60. The number of ether oxygens (including phenoxy) is 1. The van der Waals surface area contributed by atoms with Crippen molar-refractivity contribution in [1.82, 2.24) is 10.2 Å². The van der Waals surface area contributed by atoms with Gasteiger partial charge in [-0.1, -0.05) is 0 Å². The van der Waals surface area contributed by atoms with Crippen molar-refractivity contribution in [2.75, 3.05) is 13.2 Å². The van der Waals surface area contributed by atoms with Crippen LogP contribution < -0.4 is 5.32 Å². The van der Waals surface area contributed by atoms with Gasteiger partial charge in [0.15, 0.2) is 0 Å². The Hall–Kier alpha value is -0.940. The number of hydrogen-bond donors (Lipinski definition) is 1. The number of hydrogen-bond acceptors (Lipinski definition) is 4. The Morgan fingerprint density at radius 1 is 1.12 bits per heavy atom. The van der Waals surface area contributed by atoms with Crippen LogP contribution in [0.5, 0.6) is 0 Å². The number of carbonyl (C=O) groups excluding carboxylic acids is 2. The highest BCUT2D eigenvalue weighted by Gasteiger charge is 2.46. The summed E-state index contributed by atoms with van der Waals surface area (Å²) >= 11 is 0. The van der Waals surface area contributed by atoms with Gasteiger partial charge in [-0.05, 0) is 25.7 Å². The third kappa shape index (κ3) is 2.21. The minimum Gasteiger partial charge on any atom is -0.381 e. The minimum absolute atomic E-state index is 0.00191. The van der Waals surface area contributed by atoms with Crippen molar-refractivity contribution < 1.29 is 14.3 Å². The highest BCUT2D eigenvalue weighted by molar-refractivity contribution is 6.06. The molecule has 2 heterocycles. The third-order valence-electron chi connectivity index (χ3n) is 3.75. The summed E-state index contributed by atoms with van der Waals surface area (Å²) in [5.41, 5.74) is 0. The fraction of sp³-hybridized carbons (Fsp3) is 0.833. The van der Waals surface area contributed by atoms with Gasteiger partial charge < -0.3 is 10.1 Å². The van der Waals surface area contributed by atoms with Crippen molar-refractivity contribution in [3.8, 4) is 0 Å². The van der Waals surface area contributed by atoms with Crippen molar-refractivity contribution in [3.05, 3.63) is 0 Å². The number of carbonyl (C=O) groups is 2. The minimum atomic E-state index is -0.286. The molecular formula is C12H18N2O3. The molecule has 1 unspecified atom stereocenters. The summed E-state index contributed by atoms with van der Waals surface area (Å²) in [5.74, 6) is -0.00829. The van der Waals surface area contributed by atoms with E-state index in [0.717, 1.165) is 38.9 Å². The highest BCUT2D eigenvalue weighted by atomic mass is 16.5. The van der Waals surface area contributed by atoms with Crippen LogP contribution in [0, 0.1) is 0 Å². The molecule has 1 saturated carbocycles. The fourth-order valence-electron chi connectivity index (χ4n) is 2.65. The van der Waals surface area contributed by atoms with Gasteiger partial charge in [0.05, 0.1) is 12.5 Å². The Kier molecular flexibility index (Phi) is 2.88. The number of amides is 2. The second-order valence-electron chi connectivity index (χ2n) is 5.14. The Bertz CT molecular complexity index is 335. The molecule has 5 nitrogen and oxygen atoms in total. The van der Waals surface area contributed by atoms with Gasteiger partial charge in [0.1, 0.15) is 0 Å². The molecule has 17 heavy (non-hydrogen) atoms. The summed E-state index contributed by atoms with van der Waals surface area (Å²) in [7, 11) is 0. The number of nitrogens with one attached hydrogen (secondary N) is 1. The van der Waals surface area contributed by atoms with Crippen LogP contribution in [0.15, 0.2) is 0 Å². The van der Waals surface area contributed by atoms with Crippen molar-refractivity contribution in [1.29, 1.82) is 0 Å². The van der Waals surface area contributed by atoms with E-state index in [-0.39, 0.29) is 23.9 Å². The molecule has 0 spiro atoms. The molecule has 3 fully saturated rings. The lowest BCUT2D eigenvalue weighted by Crippen LogP contribution is -2.46. The molecule has 1 aliphatic carbocycles. The van der Waals surface area contributed by atoms with Gasteiger partial charge in [-0.3, -0.25) is 14.5 Å². The largest absolute Gasteiger partial charge is 0.381 e. The first-order chi connectivity index (χ1) is 8.25. The quantitative estimate of drug-likeness (QED) is 0.706. The van der Waals surface area contributed by atoms with Crippen molar-refractivity contribution in [2.24, 2.45) is 0 Å². The van der Waals surface area contributed by atoms with Crippen LogP contribution in [0.4, 0.5) is 0 Å². The van der Waals surface area contributed by atoms with Crippen molar-refractivity contribution in [3.63, 3.8) is 0 Å². The van der Waals surface area contributed by atoms with Crippen LogP contribution in [0.25, 0.3) is 0 Å². The highest BCUT2D eigenvalue weighted by Crippen LogP contribution is 2.31. The van der Waals surface area contributed by atoms with Gasteiger partial charge in [-0.25, -0.2) is 0 Å². The molecule has 0 bridgehead atoms. The van der Waals surface area contributed by atoms with Crippen molar-refractivity contribution >= 4 is 11.8 Å². The maximum atomic E-state index is 12.1. The maximum absolute atomic E-state index is 12.1. The van der Waals surface area contributed by atoms with E-state index in [2.05, 4.69) is 5.32 Å². The van der Waals surface area contributed by atoms with Gasteiger partial charge in [-0.15, -0.1) is 0 Å². The Morgan fingerprint density at radius 2 is 1.82 bits per heavy atom. The zero-order valence-corrected chi connectivity index (χ0v) is 9.85. The zero-order chi connectivity index (χ0) is 11.8. The smallest absolute Gasteiger partial charge is 0.247 e. The average Bonchev–Trinajstić information content (AvgIpc) is 3.10. The molecule has 0 aromatic rings. The lowest BCUT2D eigenvalue weighted by molar-refractivity contribution is -0.139. The summed E-state index contributed by atoms with van der Waals surface area (Å²) in [6.07, 6.45) is 4.18. The van der Waals surface area contributed by atoms with E-state index in [1.54, 1.807) is 0 Å². The molecule has 2 amide bonds. The summed E-state index contributed by atoms with van der Waals surface area (Å²) in [4.78, 5) is 25.3. The van der Waals surface area contributed by atoms with Crippen LogP contribution in [0.3, 0.4) is 0 Å². The molecule has 3 rings (SSSR count). The maximum Gasteiger partial charge on any atom is 0.247 e. The summed E-state index contributed by atoms with van der Waals surface area (Å²) < 4.78 is 5.28. The monoisotopic (exact) mass is 238 g/mol. The fourth-order valence-corrected chi connectivity index (χ4v) is 2.65. The van der Waals surface area contributed by atoms with E-state index in [4.69, 9.17) is 4.74 Å². The SMILES string of the molecule is O=C1CC(NC2CCOCC2)C(=O)N1C1CC1. The number of likely N-dealkylation sites (tertiary alicyclic amines) is 1. The topological polar surface area (TPSA) is 58.6 Å². The molecule has 3 aliphatic rings. The average molecular weight is 238 g/mol. The molecule has 0 radical (unpaired) electrons. The van der Waals surface area contributed by atoms with Gasteiger partial charge in [0.25, 0.3) is 0 Å². The predicted octanol–water partition coefficient (Wildman–Crippen LogP) is 0.0449. The first-order valence-electron chi connectivity index (χ1n) is 6.45. The molecular weight excluding hydrogens is 220 g/mol. The first kappa shape index (κ1) is 11.2. The van der Waals surface area contributed by atoms with Gasteiger partial charge in [-0.2, -0.15) is 0 Å². The van der Waals surface area contributed by atoms with E-state index in [1.807, 2.05) is 0 Å². The predicted molar refractivity (Wildman–Crippen MR) is 60.3 cm³/mol. The summed E-state index contributed by atoms with van der Waals surface area (Å²) in [5, 5.41) is 3.32. The van der Waals surface area contributed by atoms with Crippen LogP contribution in [0.2, 0.25) is 0 Å². The molecule has 5 heteroatoms. The van der Waals surface area contributed by atoms with E-state index in [9.17, 15) is 9.59 Å².